The van der Waals surface area contributed by atoms with E-state index in [4.69, 9.17) is 9.47 Å². The summed E-state index contributed by atoms with van der Waals surface area (Å²) in [5, 5.41) is 9.96. The fourth-order valence-electron chi connectivity index (χ4n) is 1.74. The molecule has 1 atom stereocenters. The van der Waals surface area contributed by atoms with E-state index >= 15 is 0 Å². The number of ether oxygens (including phenoxy) is 2. The molecule has 2 rings (SSSR count). The summed E-state index contributed by atoms with van der Waals surface area (Å²) in [6, 6.07) is 15.6. The second-order valence-corrected chi connectivity index (χ2v) is 5.86. The molecular weight excluding hydrogens is 284 g/mol. The van der Waals surface area contributed by atoms with E-state index < -0.39 is 6.10 Å². The van der Waals surface area contributed by atoms with Crippen LogP contribution < -0.4 is 9.47 Å². The molecule has 4 heteroatoms. The van der Waals surface area contributed by atoms with Crippen molar-refractivity contribution in [2.45, 2.75) is 17.9 Å². The predicted octanol–water partition coefficient (Wildman–Crippen LogP) is 3.54. The van der Waals surface area contributed by atoms with Gasteiger partial charge in [-0.25, -0.2) is 0 Å². The molecule has 2 aromatic rings. The normalized spacial score (nSPS) is 12.0. The fraction of sp³-hybridized carbons (Fsp3) is 0.294. The Balaban J connectivity index is 1.73. The van der Waals surface area contributed by atoms with Crippen molar-refractivity contribution in [1.82, 2.24) is 0 Å². The average molecular weight is 304 g/mol. The number of hydrogen-bond donors (Lipinski definition) is 1. The van der Waals surface area contributed by atoms with Crippen molar-refractivity contribution in [3.05, 3.63) is 54.1 Å². The molecule has 2 aromatic carbocycles. The van der Waals surface area contributed by atoms with Crippen molar-refractivity contribution in [3.8, 4) is 11.5 Å². The Morgan fingerprint density at radius 2 is 1.62 bits per heavy atom. The van der Waals surface area contributed by atoms with Crippen molar-refractivity contribution in [2.24, 2.45) is 0 Å². The number of hydrogen-bond acceptors (Lipinski definition) is 4. The Hall–Kier alpha value is -1.65. The van der Waals surface area contributed by atoms with Gasteiger partial charge in [0.1, 0.15) is 18.1 Å². The molecule has 0 aromatic heterocycles. The number of methoxy groups -OCH3 is 1. The molecule has 0 bridgehead atoms. The molecule has 0 fully saturated rings. The smallest absolute Gasteiger partial charge is 0.119 e. The number of thioether (sulfide) groups is 1. The minimum atomic E-state index is -0.501. The van der Waals surface area contributed by atoms with Gasteiger partial charge in [0, 0.05) is 10.6 Å². The first-order valence-corrected chi connectivity index (χ1v) is 7.80. The van der Waals surface area contributed by atoms with Gasteiger partial charge in [-0.05, 0) is 43.3 Å². The Bertz CT molecular complexity index is 537. The molecule has 0 saturated heterocycles. The van der Waals surface area contributed by atoms with Crippen LogP contribution in [0.2, 0.25) is 0 Å². The van der Waals surface area contributed by atoms with E-state index in [2.05, 4.69) is 0 Å². The number of aliphatic hydroxyl groups is 1. The standard InChI is InChI=1S/C17H20O3S/c1-13-3-5-16(6-4-13)20-11-14(18)12-21-17-9-7-15(19-2)8-10-17/h3-10,14,18H,11-12H2,1-2H3. The molecule has 0 amide bonds. The monoisotopic (exact) mass is 304 g/mol. The first-order chi connectivity index (χ1) is 10.2. The lowest BCUT2D eigenvalue weighted by atomic mass is 10.2. The first-order valence-electron chi connectivity index (χ1n) is 6.82. The largest absolute Gasteiger partial charge is 0.497 e. The van der Waals surface area contributed by atoms with E-state index in [1.807, 2.05) is 55.5 Å². The van der Waals surface area contributed by atoms with E-state index in [-0.39, 0.29) is 0 Å². The van der Waals surface area contributed by atoms with Gasteiger partial charge in [0.25, 0.3) is 0 Å². The van der Waals surface area contributed by atoms with E-state index in [0.717, 1.165) is 16.4 Å². The van der Waals surface area contributed by atoms with Gasteiger partial charge in [-0.2, -0.15) is 0 Å². The van der Waals surface area contributed by atoms with Gasteiger partial charge in [-0.15, -0.1) is 11.8 Å². The molecule has 0 aliphatic heterocycles. The topological polar surface area (TPSA) is 38.7 Å². The lowest BCUT2D eigenvalue weighted by Gasteiger charge is -2.12. The second kappa shape index (κ2) is 7.96. The Labute approximate surface area is 129 Å². The highest BCUT2D eigenvalue weighted by molar-refractivity contribution is 7.99. The quantitative estimate of drug-likeness (QED) is 0.794. The molecule has 0 radical (unpaired) electrons. The SMILES string of the molecule is COc1ccc(SCC(O)COc2ccc(C)cc2)cc1. The van der Waals surface area contributed by atoms with Crippen LogP contribution in [0.3, 0.4) is 0 Å². The molecule has 112 valence electrons. The summed E-state index contributed by atoms with van der Waals surface area (Å²) < 4.78 is 10.7. The zero-order valence-electron chi connectivity index (χ0n) is 12.3. The maximum Gasteiger partial charge on any atom is 0.119 e. The van der Waals surface area contributed by atoms with E-state index in [1.54, 1.807) is 18.9 Å². The van der Waals surface area contributed by atoms with Crippen LogP contribution in [0.1, 0.15) is 5.56 Å². The molecule has 3 nitrogen and oxygen atoms in total. The van der Waals surface area contributed by atoms with E-state index in [9.17, 15) is 5.11 Å². The summed E-state index contributed by atoms with van der Waals surface area (Å²) in [4.78, 5) is 1.10. The average Bonchev–Trinajstić information content (AvgIpc) is 2.53. The predicted molar refractivity (Wildman–Crippen MR) is 86.4 cm³/mol. The van der Waals surface area contributed by atoms with Crippen molar-refractivity contribution in [1.29, 1.82) is 0 Å². The molecule has 0 aliphatic rings. The Morgan fingerprint density at radius 1 is 1.00 bits per heavy atom. The molecular formula is C17H20O3S. The zero-order chi connectivity index (χ0) is 15.1. The van der Waals surface area contributed by atoms with Crippen LogP contribution in [0.15, 0.2) is 53.4 Å². The van der Waals surface area contributed by atoms with Gasteiger partial charge in [-0.3, -0.25) is 0 Å². The molecule has 1 unspecified atom stereocenters. The van der Waals surface area contributed by atoms with Crippen molar-refractivity contribution < 1.29 is 14.6 Å². The molecule has 0 heterocycles. The number of rotatable bonds is 7. The van der Waals surface area contributed by atoms with Crippen molar-refractivity contribution in [3.63, 3.8) is 0 Å². The fourth-order valence-corrected chi connectivity index (χ4v) is 2.55. The summed E-state index contributed by atoms with van der Waals surface area (Å²) in [7, 11) is 1.65. The first kappa shape index (κ1) is 15.7. The van der Waals surface area contributed by atoms with Crippen molar-refractivity contribution >= 4 is 11.8 Å². The van der Waals surface area contributed by atoms with Gasteiger partial charge in [0.15, 0.2) is 0 Å². The molecule has 1 N–H and O–H groups in total. The maximum atomic E-state index is 9.96. The highest BCUT2D eigenvalue weighted by atomic mass is 32.2. The minimum Gasteiger partial charge on any atom is -0.497 e. The Morgan fingerprint density at radius 3 is 2.24 bits per heavy atom. The second-order valence-electron chi connectivity index (χ2n) is 4.76. The minimum absolute atomic E-state index is 0.298. The molecule has 0 spiro atoms. The summed E-state index contributed by atoms with van der Waals surface area (Å²) in [5.41, 5.74) is 1.19. The van der Waals surface area contributed by atoms with E-state index in [0.29, 0.717) is 12.4 Å². The van der Waals surface area contributed by atoms with Gasteiger partial charge in [0.2, 0.25) is 0 Å². The lowest BCUT2D eigenvalue weighted by Crippen LogP contribution is -2.20. The van der Waals surface area contributed by atoms with Gasteiger partial charge < -0.3 is 14.6 Å². The van der Waals surface area contributed by atoms with Crippen LogP contribution in [-0.2, 0) is 0 Å². The number of benzene rings is 2. The van der Waals surface area contributed by atoms with Crippen molar-refractivity contribution in [2.75, 3.05) is 19.5 Å². The third-order valence-electron chi connectivity index (χ3n) is 2.97. The van der Waals surface area contributed by atoms with E-state index in [1.165, 1.54) is 5.56 Å². The summed E-state index contributed by atoms with van der Waals surface area (Å²) >= 11 is 1.60. The number of aliphatic hydroxyl groups excluding tert-OH is 1. The van der Waals surface area contributed by atoms with Crippen LogP contribution >= 0.6 is 11.8 Å². The highest BCUT2D eigenvalue weighted by Crippen LogP contribution is 2.22. The summed E-state index contributed by atoms with van der Waals surface area (Å²) in [6.45, 7) is 2.33. The van der Waals surface area contributed by atoms with Gasteiger partial charge >= 0.3 is 0 Å². The number of aryl methyl sites for hydroxylation is 1. The molecule has 0 aliphatic carbocycles. The van der Waals surface area contributed by atoms with Gasteiger partial charge in [-0.1, -0.05) is 17.7 Å². The lowest BCUT2D eigenvalue weighted by molar-refractivity contribution is 0.126. The molecule has 0 saturated carbocycles. The van der Waals surface area contributed by atoms with Crippen LogP contribution in [0.5, 0.6) is 11.5 Å². The zero-order valence-corrected chi connectivity index (χ0v) is 13.1. The van der Waals surface area contributed by atoms with Crippen LogP contribution in [-0.4, -0.2) is 30.7 Å². The Kier molecular flexibility index (Phi) is 5.96. The third-order valence-corrected chi connectivity index (χ3v) is 4.12. The highest BCUT2D eigenvalue weighted by Gasteiger charge is 2.06. The maximum absolute atomic E-state index is 9.96. The summed E-state index contributed by atoms with van der Waals surface area (Å²) in [6.07, 6.45) is -0.501. The molecule has 21 heavy (non-hydrogen) atoms. The van der Waals surface area contributed by atoms with Crippen LogP contribution in [0.4, 0.5) is 0 Å². The third kappa shape index (κ3) is 5.33. The summed E-state index contributed by atoms with van der Waals surface area (Å²) in [5.74, 6) is 2.22. The van der Waals surface area contributed by atoms with Crippen LogP contribution in [0.25, 0.3) is 0 Å². The van der Waals surface area contributed by atoms with Crippen LogP contribution in [0, 0.1) is 6.92 Å². The van der Waals surface area contributed by atoms with Gasteiger partial charge in [0.05, 0.1) is 13.2 Å².